The van der Waals surface area contributed by atoms with Crippen LogP contribution in [0, 0.1) is 11.3 Å². The van der Waals surface area contributed by atoms with Gasteiger partial charge in [0.2, 0.25) is 5.43 Å². The third-order valence-electron chi connectivity index (χ3n) is 4.98. The SMILES string of the molecule is CC(C)c1ccccc1-c1ccc(-c2[nH]c3ccncc3c(=O)c2C#N)cc1. The van der Waals surface area contributed by atoms with Gasteiger partial charge < -0.3 is 4.98 Å². The van der Waals surface area contributed by atoms with Crippen LogP contribution in [-0.4, -0.2) is 9.97 Å². The molecule has 4 rings (SSSR count). The fourth-order valence-corrected chi connectivity index (χ4v) is 3.53. The van der Waals surface area contributed by atoms with E-state index in [0.717, 1.165) is 11.1 Å². The first kappa shape index (κ1) is 17.7. The fourth-order valence-electron chi connectivity index (χ4n) is 3.53. The number of fused-ring (bicyclic) bond motifs is 1. The molecule has 0 radical (unpaired) electrons. The Balaban J connectivity index is 1.85. The lowest BCUT2D eigenvalue weighted by molar-refractivity contribution is 0.869. The molecule has 0 spiro atoms. The van der Waals surface area contributed by atoms with Crippen molar-refractivity contribution in [3.05, 3.63) is 88.3 Å². The van der Waals surface area contributed by atoms with Crippen LogP contribution in [0.1, 0.15) is 30.9 Å². The number of pyridine rings is 2. The minimum absolute atomic E-state index is 0.107. The van der Waals surface area contributed by atoms with E-state index in [4.69, 9.17) is 0 Å². The molecule has 0 atom stereocenters. The molecule has 2 heterocycles. The molecule has 2 aromatic carbocycles. The molecule has 4 nitrogen and oxygen atoms in total. The number of H-pyrrole nitrogens is 1. The van der Waals surface area contributed by atoms with Crippen molar-refractivity contribution in [2.24, 2.45) is 0 Å². The van der Waals surface area contributed by atoms with E-state index < -0.39 is 0 Å². The van der Waals surface area contributed by atoms with Crippen LogP contribution in [0.25, 0.3) is 33.3 Å². The Labute approximate surface area is 163 Å². The van der Waals surface area contributed by atoms with Crippen LogP contribution in [0.3, 0.4) is 0 Å². The smallest absolute Gasteiger partial charge is 0.209 e. The van der Waals surface area contributed by atoms with Gasteiger partial charge in [-0.25, -0.2) is 0 Å². The molecule has 0 amide bonds. The van der Waals surface area contributed by atoms with Gasteiger partial charge in [0.1, 0.15) is 11.6 Å². The summed E-state index contributed by atoms with van der Waals surface area (Å²) in [6.45, 7) is 4.36. The van der Waals surface area contributed by atoms with Gasteiger partial charge in [0.15, 0.2) is 0 Å². The summed E-state index contributed by atoms with van der Waals surface area (Å²) < 4.78 is 0. The minimum atomic E-state index is -0.298. The second-order valence-corrected chi connectivity index (χ2v) is 7.06. The fraction of sp³-hybridized carbons (Fsp3) is 0.125. The van der Waals surface area contributed by atoms with Crippen LogP contribution in [0.4, 0.5) is 0 Å². The van der Waals surface area contributed by atoms with Crippen molar-refractivity contribution in [3.63, 3.8) is 0 Å². The Kier molecular flexibility index (Phi) is 4.50. The predicted molar refractivity (Wildman–Crippen MR) is 112 cm³/mol. The molecule has 0 fully saturated rings. The van der Waals surface area contributed by atoms with Gasteiger partial charge in [-0.3, -0.25) is 9.78 Å². The number of aromatic amines is 1. The van der Waals surface area contributed by atoms with Crippen molar-refractivity contribution in [3.8, 4) is 28.5 Å². The molecule has 0 aliphatic heterocycles. The lowest BCUT2D eigenvalue weighted by atomic mass is 9.92. The highest BCUT2D eigenvalue weighted by Crippen LogP contribution is 2.31. The molecule has 136 valence electrons. The minimum Gasteiger partial charge on any atom is -0.353 e. The van der Waals surface area contributed by atoms with Gasteiger partial charge in [-0.2, -0.15) is 5.26 Å². The maximum absolute atomic E-state index is 12.7. The first-order valence-electron chi connectivity index (χ1n) is 9.20. The molecule has 0 bridgehead atoms. The number of rotatable bonds is 3. The topological polar surface area (TPSA) is 69.5 Å². The molecule has 0 aliphatic carbocycles. The first-order chi connectivity index (χ1) is 13.6. The first-order valence-corrected chi connectivity index (χ1v) is 9.20. The standard InChI is InChI=1S/C24H19N3O/c1-15(2)18-5-3-4-6-19(18)16-7-9-17(10-8-16)23-20(13-25)24(28)21-14-26-12-11-22(21)27-23/h3-12,14-15H,1-2H3,(H,27,28). The Bertz CT molecular complexity index is 1260. The van der Waals surface area contributed by atoms with Gasteiger partial charge in [-0.05, 0) is 34.2 Å². The number of benzene rings is 2. The zero-order valence-corrected chi connectivity index (χ0v) is 15.7. The molecule has 1 N–H and O–H groups in total. The molecule has 0 saturated heterocycles. The molecule has 0 unspecified atom stereocenters. The lowest BCUT2D eigenvalue weighted by Crippen LogP contribution is -2.10. The second kappa shape index (κ2) is 7.13. The Morgan fingerprint density at radius 1 is 1.00 bits per heavy atom. The monoisotopic (exact) mass is 365 g/mol. The molecule has 0 saturated carbocycles. The van der Waals surface area contributed by atoms with Crippen LogP contribution in [-0.2, 0) is 0 Å². The number of nitrogens with zero attached hydrogens (tertiary/aromatic N) is 2. The summed E-state index contributed by atoms with van der Waals surface area (Å²) in [4.78, 5) is 19.9. The molecular weight excluding hydrogens is 346 g/mol. The molecular formula is C24H19N3O. The van der Waals surface area contributed by atoms with Crippen molar-refractivity contribution in [2.75, 3.05) is 0 Å². The van der Waals surface area contributed by atoms with Crippen molar-refractivity contribution < 1.29 is 0 Å². The normalized spacial score (nSPS) is 10.9. The summed E-state index contributed by atoms with van der Waals surface area (Å²) in [6.07, 6.45) is 3.12. The molecule has 0 aliphatic rings. The van der Waals surface area contributed by atoms with Crippen molar-refractivity contribution in [1.29, 1.82) is 5.26 Å². The highest BCUT2D eigenvalue weighted by Gasteiger charge is 2.14. The van der Waals surface area contributed by atoms with E-state index in [1.165, 1.54) is 17.3 Å². The zero-order valence-electron chi connectivity index (χ0n) is 15.7. The maximum Gasteiger partial charge on any atom is 0.209 e. The quantitative estimate of drug-likeness (QED) is 0.539. The summed E-state index contributed by atoms with van der Waals surface area (Å²) >= 11 is 0. The second-order valence-electron chi connectivity index (χ2n) is 7.06. The third kappa shape index (κ3) is 2.97. The average molecular weight is 365 g/mol. The van der Waals surface area contributed by atoms with E-state index in [9.17, 15) is 10.1 Å². The van der Waals surface area contributed by atoms with E-state index >= 15 is 0 Å². The number of nitriles is 1. The molecule has 4 aromatic rings. The van der Waals surface area contributed by atoms with E-state index in [-0.39, 0.29) is 11.0 Å². The number of hydrogen-bond donors (Lipinski definition) is 1. The molecule has 28 heavy (non-hydrogen) atoms. The van der Waals surface area contributed by atoms with E-state index in [1.807, 2.05) is 30.3 Å². The summed E-state index contributed by atoms with van der Waals surface area (Å²) in [5.41, 5.74) is 5.42. The molecule has 4 heteroatoms. The Hall–Kier alpha value is -3.71. The van der Waals surface area contributed by atoms with Gasteiger partial charge in [0.25, 0.3) is 0 Å². The predicted octanol–water partition coefficient (Wildman–Crippen LogP) is 5.25. The highest BCUT2D eigenvalue weighted by molar-refractivity contribution is 5.84. The van der Waals surface area contributed by atoms with Gasteiger partial charge >= 0.3 is 0 Å². The van der Waals surface area contributed by atoms with Crippen LogP contribution in [0.15, 0.2) is 71.8 Å². The largest absolute Gasteiger partial charge is 0.353 e. The van der Waals surface area contributed by atoms with E-state index in [0.29, 0.717) is 22.5 Å². The summed E-state index contributed by atoms with van der Waals surface area (Å²) in [5.74, 6) is 0.423. The average Bonchev–Trinajstić information content (AvgIpc) is 2.74. The van der Waals surface area contributed by atoms with Crippen LogP contribution < -0.4 is 5.43 Å². The summed E-state index contributed by atoms with van der Waals surface area (Å²) in [5, 5.41) is 9.98. The number of aromatic nitrogens is 2. The Morgan fingerprint density at radius 2 is 1.71 bits per heavy atom. The van der Waals surface area contributed by atoms with Crippen LogP contribution >= 0.6 is 0 Å². The highest BCUT2D eigenvalue weighted by atomic mass is 16.1. The van der Waals surface area contributed by atoms with Crippen molar-refractivity contribution in [1.82, 2.24) is 9.97 Å². The van der Waals surface area contributed by atoms with Crippen LogP contribution in [0.5, 0.6) is 0 Å². The maximum atomic E-state index is 12.7. The van der Waals surface area contributed by atoms with Gasteiger partial charge in [-0.15, -0.1) is 0 Å². The third-order valence-corrected chi connectivity index (χ3v) is 4.98. The molecule has 2 aromatic heterocycles. The number of hydrogen-bond acceptors (Lipinski definition) is 3. The van der Waals surface area contributed by atoms with Crippen LogP contribution in [0.2, 0.25) is 0 Å². The summed E-state index contributed by atoms with van der Waals surface area (Å²) in [6, 6.07) is 20.1. The van der Waals surface area contributed by atoms with E-state index in [2.05, 4.69) is 48.1 Å². The Morgan fingerprint density at radius 3 is 2.43 bits per heavy atom. The lowest BCUT2D eigenvalue weighted by Gasteiger charge is -2.13. The zero-order chi connectivity index (χ0) is 19.7. The van der Waals surface area contributed by atoms with Gasteiger partial charge in [-0.1, -0.05) is 62.4 Å². The van der Waals surface area contributed by atoms with E-state index in [1.54, 1.807) is 12.3 Å². The van der Waals surface area contributed by atoms with Gasteiger partial charge in [0, 0.05) is 12.4 Å². The van der Waals surface area contributed by atoms with Crippen molar-refractivity contribution >= 4 is 10.9 Å². The van der Waals surface area contributed by atoms with Gasteiger partial charge in [0.05, 0.1) is 16.6 Å². The number of nitrogens with one attached hydrogen (secondary N) is 1. The van der Waals surface area contributed by atoms with Crippen molar-refractivity contribution in [2.45, 2.75) is 19.8 Å². The summed E-state index contributed by atoms with van der Waals surface area (Å²) in [7, 11) is 0.